The van der Waals surface area contributed by atoms with Crippen LogP contribution in [0.4, 0.5) is 5.69 Å². The van der Waals surface area contributed by atoms with Gasteiger partial charge in [-0.2, -0.15) is 0 Å². The number of anilines is 1. The van der Waals surface area contributed by atoms with E-state index in [1.165, 1.54) is 0 Å². The third-order valence-corrected chi connectivity index (χ3v) is 3.55. The van der Waals surface area contributed by atoms with E-state index in [9.17, 15) is 5.11 Å². The normalized spacial score (nSPS) is 15.5. The van der Waals surface area contributed by atoms with Crippen LogP contribution in [0.5, 0.6) is 11.5 Å². The predicted octanol–water partition coefficient (Wildman–Crippen LogP) is 3.29. The van der Waals surface area contributed by atoms with Gasteiger partial charge in [-0.05, 0) is 19.1 Å². The molecule has 1 aromatic carbocycles. The van der Waals surface area contributed by atoms with Crippen LogP contribution in [0.3, 0.4) is 0 Å². The van der Waals surface area contributed by atoms with Crippen molar-refractivity contribution in [1.29, 1.82) is 0 Å². The molecule has 5 heteroatoms. The summed E-state index contributed by atoms with van der Waals surface area (Å²) in [6.07, 6.45) is 3.45. The second kappa shape index (κ2) is 6.58. The number of phenolic OH excluding ortho intramolecular Hbond substituents is 1. The van der Waals surface area contributed by atoms with E-state index < -0.39 is 0 Å². The molecule has 22 heavy (non-hydrogen) atoms. The van der Waals surface area contributed by atoms with Crippen molar-refractivity contribution in [2.75, 3.05) is 26.6 Å². The summed E-state index contributed by atoms with van der Waals surface area (Å²) in [4.78, 5) is 0. The number of rotatable bonds is 5. The summed E-state index contributed by atoms with van der Waals surface area (Å²) in [6.45, 7) is 5.96. The summed E-state index contributed by atoms with van der Waals surface area (Å²) in [7, 11) is 4.73. The Bertz CT molecular complexity index is 646. The van der Waals surface area contributed by atoms with Gasteiger partial charge >= 0.3 is 0 Å². The van der Waals surface area contributed by atoms with Crippen molar-refractivity contribution < 1.29 is 19.3 Å². The van der Waals surface area contributed by atoms with Gasteiger partial charge in [-0.25, -0.2) is 0 Å². The first kappa shape index (κ1) is 16.0. The highest BCUT2D eigenvalue weighted by Gasteiger charge is 2.31. The fourth-order valence-corrected chi connectivity index (χ4v) is 2.57. The lowest BCUT2D eigenvalue weighted by molar-refractivity contribution is 0.167. The van der Waals surface area contributed by atoms with Crippen molar-refractivity contribution >= 4 is 11.4 Å². The molecule has 0 radical (unpaired) electrons. The number of fused-ring (bicyclic) bond motifs is 1. The molecule has 118 valence electrons. The van der Waals surface area contributed by atoms with Crippen LogP contribution in [0.15, 0.2) is 42.1 Å². The van der Waals surface area contributed by atoms with Crippen LogP contribution in [0.1, 0.15) is 12.5 Å². The number of hydrogen-bond donors (Lipinski definition) is 2. The molecule has 0 aliphatic carbocycles. The van der Waals surface area contributed by atoms with E-state index in [0.29, 0.717) is 28.5 Å². The van der Waals surface area contributed by atoms with Crippen LogP contribution in [0.25, 0.3) is 5.76 Å². The van der Waals surface area contributed by atoms with Gasteiger partial charge in [0.15, 0.2) is 0 Å². The average molecular weight is 303 g/mol. The second-order valence-electron chi connectivity index (χ2n) is 4.77. The Labute approximate surface area is 130 Å². The molecule has 0 fully saturated rings. The molecule has 1 aromatic rings. The van der Waals surface area contributed by atoms with Gasteiger partial charge in [0.25, 0.3) is 0 Å². The Balaban J connectivity index is 2.74. The van der Waals surface area contributed by atoms with Crippen molar-refractivity contribution in [3.05, 3.63) is 47.7 Å². The molecule has 2 rings (SSSR count). The zero-order valence-corrected chi connectivity index (χ0v) is 13.3. The molecule has 1 atom stereocenters. The molecular weight excluding hydrogens is 282 g/mol. The maximum absolute atomic E-state index is 10.3. The van der Waals surface area contributed by atoms with Gasteiger partial charge in [0.05, 0.1) is 31.0 Å². The predicted molar refractivity (Wildman–Crippen MR) is 87.0 cm³/mol. The fourth-order valence-electron chi connectivity index (χ4n) is 2.57. The molecule has 2 N–H and O–H groups in total. The molecule has 1 aliphatic rings. The van der Waals surface area contributed by atoms with Crippen LogP contribution in [-0.4, -0.2) is 32.5 Å². The lowest BCUT2D eigenvalue weighted by Crippen LogP contribution is -2.22. The smallest absolute Gasteiger partial charge is 0.143 e. The third-order valence-electron chi connectivity index (χ3n) is 3.55. The Morgan fingerprint density at radius 1 is 1.23 bits per heavy atom. The highest BCUT2D eigenvalue weighted by atomic mass is 16.5. The van der Waals surface area contributed by atoms with E-state index in [4.69, 9.17) is 14.2 Å². The first-order valence-corrected chi connectivity index (χ1v) is 6.89. The zero-order chi connectivity index (χ0) is 16.3. The molecule has 0 saturated carbocycles. The van der Waals surface area contributed by atoms with Crippen LogP contribution in [0, 0.1) is 0 Å². The minimum atomic E-state index is -0.335. The van der Waals surface area contributed by atoms with Gasteiger partial charge in [-0.1, -0.05) is 18.7 Å². The van der Waals surface area contributed by atoms with E-state index in [2.05, 4.69) is 11.9 Å². The standard InChI is InChI=1S/C17H21NO4/c1-6-7-12(20-3)14-10(2)18-16-13(21-4)9-8-11(19)15(16)17(14)22-5/h6-9,12,18-19H,2H2,1,3-5H3/b7-6+. The number of methoxy groups -OCH3 is 3. The number of aromatic hydroxyl groups is 1. The van der Waals surface area contributed by atoms with Gasteiger partial charge in [0.1, 0.15) is 23.4 Å². The molecular formula is C17H21NO4. The van der Waals surface area contributed by atoms with E-state index in [-0.39, 0.29) is 11.9 Å². The molecule has 0 aromatic heterocycles. The number of nitrogens with one attached hydrogen (secondary N) is 1. The second-order valence-corrected chi connectivity index (χ2v) is 4.77. The maximum Gasteiger partial charge on any atom is 0.143 e. The number of phenols is 1. The highest BCUT2D eigenvalue weighted by molar-refractivity contribution is 5.89. The van der Waals surface area contributed by atoms with Gasteiger partial charge in [-0.15, -0.1) is 0 Å². The lowest BCUT2D eigenvalue weighted by atomic mass is 9.94. The van der Waals surface area contributed by atoms with Crippen molar-refractivity contribution in [1.82, 2.24) is 0 Å². The van der Waals surface area contributed by atoms with Crippen molar-refractivity contribution in [2.45, 2.75) is 13.0 Å². The van der Waals surface area contributed by atoms with Gasteiger partial charge in [0.2, 0.25) is 0 Å². The van der Waals surface area contributed by atoms with E-state index >= 15 is 0 Å². The highest BCUT2D eigenvalue weighted by Crippen LogP contribution is 2.46. The van der Waals surface area contributed by atoms with Gasteiger partial charge < -0.3 is 24.6 Å². The summed E-state index contributed by atoms with van der Waals surface area (Å²) in [5, 5.41) is 13.4. The maximum atomic E-state index is 10.3. The average Bonchev–Trinajstić information content (AvgIpc) is 2.52. The molecule has 1 aliphatic heterocycles. The molecule has 0 bridgehead atoms. The summed E-state index contributed by atoms with van der Waals surface area (Å²) in [6, 6.07) is 3.26. The quantitative estimate of drug-likeness (QED) is 0.817. The summed E-state index contributed by atoms with van der Waals surface area (Å²) in [5.74, 6) is 1.21. The number of hydrogen-bond acceptors (Lipinski definition) is 5. The number of ether oxygens (including phenoxy) is 3. The Kier molecular flexibility index (Phi) is 4.78. The summed E-state index contributed by atoms with van der Waals surface area (Å²) < 4.78 is 16.4. The number of allylic oxidation sites excluding steroid dienone is 1. The first-order valence-electron chi connectivity index (χ1n) is 6.89. The SMILES string of the molecule is C=C1Nc2c(OC)ccc(O)c2C(OC)=C1C(/C=C/C)OC. The van der Waals surface area contributed by atoms with Gasteiger partial charge in [-0.3, -0.25) is 0 Å². The Hall–Kier alpha value is -2.40. The molecule has 5 nitrogen and oxygen atoms in total. The van der Waals surface area contributed by atoms with E-state index in [1.807, 2.05) is 19.1 Å². The molecule has 0 saturated heterocycles. The lowest BCUT2D eigenvalue weighted by Gasteiger charge is -2.30. The van der Waals surface area contributed by atoms with Crippen LogP contribution in [-0.2, 0) is 9.47 Å². The van der Waals surface area contributed by atoms with Crippen LogP contribution >= 0.6 is 0 Å². The zero-order valence-electron chi connectivity index (χ0n) is 13.3. The van der Waals surface area contributed by atoms with Gasteiger partial charge in [0, 0.05) is 12.8 Å². The van der Waals surface area contributed by atoms with Crippen molar-refractivity contribution in [3.8, 4) is 11.5 Å². The van der Waals surface area contributed by atoms with E-state index in [0.717, 1.165) is 5.57 Å². The first-order chi connectivity index (χ1) is 10.6. The monoisotopic (exact) mass is 303 g/mol. The molecule has 1 unspecified atom stereocenters. The Morgan fingerprint density at radius 3 is 2.50 bits per heavy atom. The molecule has 0 amide bonds. The van der Waals surface area contributed by atoms with E-state index in [1.54, 1.807) is 33.5 Å². The summed E-state index contributed by atoms with van der Waals surface area (Å²) >= 11 is 0. The Morgan fingerprint density at radius 2 is 1.95 bits per heavy atom. The van der Waals surface area contributed by atoms with Crippen LogP contribution in [0.2, 0.25) is 0 Å². The number of benzene rings is 1. The van der Waals surface area contributed by atoms with Crippen molar-refractivity contribution in [3.63, 3.8) is 0 Å². The molecule has 0 spiro atoms. The third kappa shape index (κ3) is 2.55. The van der Waals surface area contributed by atoms with Crippen molar-refractivity contribution in [2.24, 2.45) is 0 Å². The summed E-state index contributed by atoms with van der Waals surface area (Å²) in [5.41, 5.74) is 2.54. The largest absolute Gasteiger partial charge is 0.507 e. The van der Waals surface area contributed by atoms with Crippen LogP contribution < -0.4 is 10.1 Å². The fraction of sp³-hybridized carbons (Fsp3) is 0.294. The minimum absolute atomic E-state index is 0.0977. The topological polar surface area (TPSA) is 60.0 Å². The minimum Gasteiger partial charge on any atom is -0.507 e. The molecule has 1 heterocycles.